The molecule has 7 aliphatic rings. The van der Waals surface area contributed by atoms with Gasteiger partial charge in [-0.05, 0) is 133 Å². The Bertz CT molecular complexity index is 4120. The molecule has 580 valence electrons. The number of piperazine rings is 2. The molecular weight excluding hydrogens is 1610 g/mol. The summed E-state index contributed by atoms with van der Waals surface area (Å²) in [7, 11) is -1.14. The Labute approximate surface area is 649 Å². The molecule has 36 heteroatoms. The molecule has 2 aromatic carbocycles. The summed E-state index contributed by atoms with van der Waals surface area (Å²) in [5.74, 6) is -11.3. The molecular formula is C72H88B3Br3F2N8O20. The first-order chi connectivity index (χ1) is 50.9. The van der Waals surface area contributed by atoms with Crippen molar-refractivity contribution < 1.29 is 105 Å². The van der Waals surface area contributed by atoms with Gasteiger partial charge in [0.1, 0.15) is 57.8 Å². The molecule has 11 rings (SSSR count). The molecule has 6 heterocycles. The minimum Gasteiger partial charge on any atom is -0.535 e. The number of methoxy groups -OCH3 is 1. The minimum absolute atomic E-state index is 0.00417. The van der Waals surface area contributed by atoms with Gasteiger partial charge in [0.2, 0.25) is 0 Å². The predicted molar refractivity (Wildman–Crippen MR) is 400 cm³/mol. The van der Waals surface area contributed by atoms with E-state index in [0.29, 0.717) is 33.3 Å². The third-order valence-corrected chi connectivity index (χ3v) is 20.4. The van der Waals surface area contributed by atoms with Crippen molar-refractivity contribution in [1.29, 1.82) is 0 Å². The molecule has 2 bridgehead atoms. The fraction of sp³-hybridized carbons (Fsp3) is 0.528. The second-order valence-corrected chi connectivity index (χ2v) is 35.3. The molecule has 0 radical (unpaired) electrons. The van der Waals surface area contributed by atoms with Crippen LogP contribution in [0.3, 0.4) is 0 Å². The number of carbonyl (C=O) groups is 12. The van der Waals surface area contributed by atoms with Gasteiger partial charge in [-0.3, -0.25) is 58.1 Å². The van der Waals surface area contributed by atoms with Crippen LogP contribution in [0.5, 0.6) is 11.5 Å². The highest BCUT2D eigenvalue weighted by Crippen LogP contribution is 2.66. The Morgan fingerprint density at radius 3 is 1.78 bits per heavy atom. The smallest absolute Gasteiger partial charge is 0.526 e. The number of nitrogens with zero attached hydrogens (tertiary/aromatic N) is 6. The third-order valence-electron chi connectivity index (χ3n) is 20.4. The van der Waals surface area contributed by atoms with E-state index in [1.165, 1.54) is 35.2 Å². The number of amides is 8. The van der Waals surface area contributed by atoms with Crippen LogP contribution in [-0.2, 0) is 55.7 Å². The molecule has 108 heavy (non-hydrogen) atoms. The second-order valence-electron chi connectivity index (χ2n) is 28.9. The lowest BCUT2D eigenvalue weighted by Gasteiger charge is -2.64. The maximum atomic E-state index is 16.2. The van der Waals surface area contributed by atoms with Crippen molar-refractivity contribution in [3.8, 4) is 11.5 Å². The largest absolute Gasteiger partial charge is 0.535 e. The van der Waals surface area contributed by atoms with Gasteiger partial charge in [-0.1, -0.05) is 51.5 Å². The van der Waals surface area contributed by atoms with Gasteiger partial charge in [0.05, 0.1) is 24.4 Å². The number of likely N-dealkylation sites (N-methyl/N-ethyl adjacent to an activating group) is 2. The Kier molecular flexibility index (Phi) is 29.2. The van der Waals surface area contributed by atoms with E-state index >= 15 is 8.78 Å². The number of hydrogen-bond donors (Lipinski definition) is 5. The number of ether oxygens (including phenoxy) is 2. The second kappa shape index (κ2) is 36.8. The number of rotatable bonds is 26. The average molecular weight is 1700 g/mol. The third kappa shape index (κ3) is 19.8. The summed E-state index contributed by atoms with van der Waals surface area (Å²) in [5.41, 5.74) is -1.64. The number of pyridine rings is 2. The Balaban J connectivity index is 0.000000271. The van der Waals surface area contributed by atoms with Gasteiger partial charge in [-0.25, -0.2) is 28.0 Å². The summed E-state index contributed by atoms with van der Waals surface area (Å²) in [5, 5.41) is 33.8. The van der Waals surface area contributed by atoms with Crippen LogP contribution in [0, 0.1) is 28.9 Å². The topological polar surface area (TPSA) is 374 Å². The first kappa shape index (κ1) is 85.7. The number of aliphatic hydroxyl groups is 1. The number of aromatic nitrogens is 2. The van der Waals surface area contributed by atoms with Crippen molar-refractivity contribution in [3.05, 3.63) is 117 Å². The lowest BCUT2D eigenvalue weighted by molar-refractivity contribution is -0.199. The number of Topliss-reactive ketones (excluding diaryl/α,β-unsaturated/α-hetero) is 4. The Morgan fingerprint density at radius 2 is 1.29 bits per heavy atom. The SMILES string of the molecule is BrB(Br)Br.CCCCC(=O)c1cnc(C(NC(=O)N2CCN(CC)C(=O)C2=O)C(=O)C[C@@H](Cc2cccc(C(=O)OC(C)(C)C)c2OC)B2OC3C[C@@H]4C[C@@H](C4(C)C)[C@]3(C)O2)c(F)c1.CCN1CCN(C(=O)NC(C(=O)C[C@H]2Cc3cccc(C(=O)O)c3OB2O)c2ncc(C(=O)CCCO)cc2F)C(=O)C1=O. The van der Waals surface area contributed by atoms with Gasteiger partial charge in [-0.2, -0.15) is 0 Å². The summed E-state index contributed by atoms with van der Waals surface area (Å²) < 4.78 is 62.4. The van der Waals surface area contributed by atoms with Crippen molar-refractivity contribution >= 4 is 135 Å². The van der Waals surface area contributed by atoms with Crippen molar-refractivity contribution in [1.82, 2.24) is 40.2 Å². The molecule has 6 fully saturated rings. The van der Waals surface area contributed by atoms with Gasteiger partial charge < -0.3 is 59.1 Å². The number of carboxylic acids is 1. The van der Waals surface area contributed by atoms with Gasteiger partial charge in [0, 0.05) is 107 Å². The summed E-state index contributed by atoms with van der Waals surface area (Å²) in [6.07, 6.45) is 4.49. The number of halogens is 5. The van der Waals surface area contributed by atoms with Crippen molar-refractivity contribution in [3.63, 3.8) is 0 Å². The van der Waals surface area contributed by atoms with Crippen LogP contribution < -0.4 is 20.0 Å². The van der Waals surface area contributed by atoms with Crippen LogP contribution in [0.2, 0.25) is 11.6 Å². The van der Waals surface area contributed by atoms with Crippen LogP contribution in [0.1, 0.15) is 196 Å². The molecule has 3 unspecified atom stereocenters. The summed E-state index contributed by atoms with van der Waals surface area (Å²) in [4.78, 5) is 168. The number of para-hydroxylation sites is 2. The molecule has 4 aliphatic heterocycles. The number of carbonyl (C=O) groups excluding carboxylic acids is 11. The number of nitrogens with one attached hydrogen (secondary N) is 2. The number of unbranched alkanes of at least 4 members (excludes halogenated alkanes) is 1. The molecule has 3 saturated heterocycles. The number of ketones is 4. The number of urea groups is 2. The number of hydrogen-bond acceptors (Lipinski definition) is 21. The lowest BCUT2D eigenvalue weighted by atomic mass is 9.43. The highest BCUT2D eigenvalue weighted by Gasteiger charge is 2.68. The van der Waals surface area contributed by atoms with E-state index in [1.54, 1.807) is 58.9 Å². The zero-order valence-electron chi connectivity index (χ0n) is 61.6. The maximum absolute atomic E-state index is 16.2. The zero-order valence-corrected chi connectivity index (χ0v) is 66.4. The normalized spacial score (nSPS) is 20.7. The van der Waals surface area contributed by atoms with E-state index in [0.717, 1.165) is 37.6 Å². The summed E-state index contributed by atoms with van der Waals surface area (Å²) in [6, 6.07) is 5.41. The summed E-state index contributed by atoms with van der Waals surface area (Å²) in [6.45, 7) is 17.1. The fourth-order valence-corrected chi connectivity index (χ4v) is 14.5. The molecule has 0 spiro atoms. The molecule has 8 atom stereocenters. The monoisotopic (exact) mass is 1690 g/mol. The molecule has 3 aliphatic carbocycles. The van der Waals surface area contributed by atoms with E-state index in [9.17, 15) is 67.7 Å². The van der Waals surface area contributed by atoms with Crippen molar-refractivity contribution in [2.75, 3.05) is 53.0 Å². The lowest BCUT2D eigenvalue weighted by Crippen LogP contribution is -2.65. The highest BCUT2D eigenvalue weighted by atomic mass is 79.9. The zero-order chi connectivity index (χ0) is 79.6. The van der Waals surface area contributed by atoms with E-state index in [-0.39, 0.29) is 145 Å². The van der Waals surface area contributed by atoms with E-state index in [1.807, 2.05) is 13.8 Å². The van der Waals surface area contributed by atoms with E-state index < -0.39 is 144 Å². The van der Waals surface area contributed by atoms with Crippen LogP contribution in [0.25, 0.3) is 0 Å². The van der Waals surface area contributed by atoms with Gasteiger partial charge >= 0.3 is 65.1 Å². The van der Waals surface area contributed by atoms with E-state index in [4.69, 9.17) is 28.5 Å². The number of esters is 1. The van der Waals surface area contributed by atoms with Crippen LogP contribution in [0.15, 0.2) is 60.9 Å². The first-order valence-corrected chi connectivity index (χ1v) is 38.4. The first-order valence-electron chi connectivity index (χ1n) is 35.6. The van der Waals surface area contributed by atoms with Gasteiger partial charge in [0.25, 0.3) is 0 Å². The van der Waals surface area contributed by atoms with Crippen LogP contribution in [-0.4, -0.2) is 203 Å². The average Bonchev–Trinajstić information content (AvgIpc) is 1.43. The number of carboxylic acid groups (broad SMARTS) is 1. The standard InChI is InChI=1S/C44H58BFN4O10.C28H30BFN4O10.BBr3/c1-10-12-16-31(51)26-20-30(46)35(47-24-26)36(48-41(56)50-18-17-49(11-2)38(53)39(50)54)32(52)23-28(45-59-34-22-27-21-33(43(27,6)7)44(34,8)60-45)19-25-14-13-15-29(37(25)57-9)40(55)58-42(3,4)5;1-2-33-8-9-34(26(39)25(33)38)28(42)32-23(22-19(30)12-16(14-31-22)20(36)7-4-10-35)21(37)13-17-11-15-5-3-6-18(27(40)41)24(15)44-29(17)43;2-1(3)4/h13-15,20,24,27-28,33-34,36H,10-12,16-19,21-23H2,1-9H3,(H,48,56);3,5-6,12,14,17,23,35,43H,2,4,7-11,13H2,1H3,(H,32,42)(H,40,41);/t27-,28+,33-,34?,36?,44-;17-,23?;/m01./s1. The number of aliphatic hydroxyl groups excluding tert-OH is 1. The minimum atomic E-state index is -1.81. The maximum Gasteiger partial charge on any atom is 0.526 e. The molecule has 2 aromatic heterocycles. The Hall–Kier alpha value is -7.89. The van der Waals surface area contributed by atoms with Crippen molar-refractivity contribution in [2.45, 2.75) is 174 Å². The summed E-state index contributed by atoms with van der Waals surface area (Å²) >= 11 is 9.31. The molecule has 5 N–H and O–H groups in total. The number of imide groups is 2. The number of aromatic carboxylic acids is 1. The molecule has 4 aromatic rings. The van der Waals surface area contributed by atoms with Crippen LogP contribution in [0.4, 0.5) is 18.4 Å². The predicted octanol–water partition coefficient (Wildman–Crippen LogP) is 9.22. The Morgan fingerprint density at radius 1 is 0.759 bits per heavy atom. The quantitative estimate of drug-likeness (QED) is 0.0169. The molecule has 28 nitrogen and oxygen atoms in total. The van der Waals surface area contributed by atoms with Gasteiger partial charge in [-0.15, -0.1) is 47.3 Å². The van der Waals surface area contributed by atoms with E-state index in [2.05, 4.69) is 81.7 Å². The van der Waals surface area contributed by atoms with Crippen molar-refractivity contribution in [2.24, 2.45) is 17.3 Å². The fourth-order valence-electron chi connectivity index (χ4n) is 14.5. The molecule has 8 amide bonds. The highest BCUT2D eigenvalue weighted by molar-refractivity contribution is 9.69. The number of benzene rings is 2. The number of fused-ring (bicyclic) bond motifs is 1. The molecule has 3 saturated carbocycles. The van der Waals surface area contributed by atoms with Crippen LogP contribution >= 0.6 is 47.3 Å². The van der Waals surface area contributed by atoms with Gasteiger partial charge in [0.15, 0.2) is 23.1 Å².